The highest BCUT2D eigenvalue weighted by molar-refractivity contribution is 6.22. The van der Waals surface area contributed by atoms with E-state index in [9.17, 15) is 0 Å². The Morgan fingerprint density at radius 1 is 0.389 bits per heavy atom. The van der Waals surface area contributed by atoms with Gasteiger partial charge in [-0.05, 0) is 76.9 Å². The molecule has 0 atom stereocenters. The fraction of sp³-hybridized carbons (Fsp3) is 0. The number of hydrogen-bond acceptors (Lipinski definition) is 5. The lowest BCUT2D eigenvalue weighted by atomic mass is 9.93. The van der Waals surface area contributed by atoms with Crippen molar-refractivity contribution >= 4 is 72.0 Å². The third kappa shape index (κ3) is 4.76. The van der Waals surface area contributed by atoms with E-state index in [4.69, 9.17) is 18.2 Å². The summed E-state index contributed by atoms with van der Waals surface area (Å²) >= 11 is 0. The zero-order chi connectivity index (χ0) is 35.6. The minimum absolute atomic E-state index is 0.558. The average molecular weight is 695 g/mol. The van der Waals surface area contributed by atoms with Gasteiger partial charge in [-0.1, -0.05) is 127 Å². The van der Waals surface area contributed by atoms with Crippen LogP contribution < -0.4 is 4.90 Å². The first kappa shape index (κ1) is 30.3. The SMILES string of the molecule is c1ccc(-c2nc3cc(N(c4ccc(-c5ccccc5)c(-c5ccccc5)c4)c4cccc5oc6ccccc6c45)c4oc5ccccc5c4c3o2)cc1. The molecule has 0 saturated carbocycles. The van der Waals surface area contributed by atoms with E-state index < -0.39 is 0 Å². The van der Waals surface area contributed by atoms with E-state index in [0.717, 1.165) is 88.7 Å². The summed E-state index contributed by atoms with van der Waals surface area (Å²) in [5.74, 6) is 0.558. The molecular weight excluding hydrogens is 665 g/mol. The van der Waals surface area contributed by atoms with Crippen molar-refractivity contribution < 1.29 is 13.3 Å². The molecule has 0 bridgehead atoms. The first-order valence-electron chi connectivity index (χ1n) is 18.0. The predicted octanol–water partition coefficient (Wildman–Crippen LogP) is 14.1. The van der Waals surface area contributed by atoms with Crippen molar-refractivity contribution in [2.45, 2.75) is 0 Å². The fourth-order valence-corrected chi connectivity index (χ4v) is 7.87. The van der Waals surface area contributed by atoms with Crippen LogP contribution >= 0.6 is 0 Å². The molecule has 8 aromatic carbocycles. The van der Waals surface area contributed by atoms with Crippen LogP contribution in [0.5, 0.6) is 0 Å². The first-order valence-corrected chi connectivity index (χ1v) is 18.0. The molecule has 5 heteroatoms. The van der Waals surface area contributed by atoms with E-state index >= 15 is 0 Å². The fourth-order valence-electron chi connectivity index (χ4n) is 7.87. The van der Waals surface area contributed by atoms with Crippen molar-refractivity contribution in [2.24, 2.45) is 0 Å². The molecule has 0 fully saturated rings. The lowest BCUT2D eigenvalue weighted by Crippen LogP contribution is -2.11. The molecule has 0 unspecified atom stereocenters. The lowest BCUT2D eigenvalue weighted by molar-refractivity contribution is 0.622. The molecule has 3 heterocycles. The Morgan fingerprint density at radius 2 is 0.981 bits per heavy atom. The van der Waals surface area contributed by atoms with E-state index in [1.807, 2.05) is 66.7 Å². The maximum absolute atomic E-state index is 6.87. The molecule has 0 radical (unpaired) electrons. The second-order valence-electron chi connectivity index (χ2n) is 13.5. The van der Waals surface area contributed by atoms with Gasteiger partial charge in [-0.25, -0.2) is 4.98 Å². The number of aromatic nitrogens is 1. The molecule has 11 rings (SSSR count). The molecule has 0 N–H and O–H groups in total. The van der Waals surface area contributed by atoms with Crippen LogP contribution in [0, 0.1) is 0 Å². The number of fused-ring (bicyclic) bond motifs is 8. The van der Waals surface area contributed by atoms with Gasteiger partial charge in [-0.2, -0.15) is 0 Å². The zero-order valence-electron chi connectivity index (χ0n) is 28.9. The number of furan rings is 2. The highest BCUT2D eigenvalue weighted by atomic mass is 16.4. The maximum atomic E-state index is 6.87. The van der Waals surface area contributed by atoms with Crippen LogP contribution in [0.15, 0.2) is 195 Å². The number of hydrogen-bond donors (Lipinski definition) is 0. The minimum atomic E-state index is 0.558. The summed E-state index contributed by atoms with van der Waals surface area (Å²) in [5.41, 5.74) is 12.7. The molecule has 0 aliphatic carbocycles. The maximum Gasteiger partial charge on any atom is 0.227 e. The molecule has 0 spiro atoms. The van der Waals surface area contributed by atoms with Gasteiger partial charge in [0.15, 0.2) is 11.2 Å². The highest BCUT2D eigenvalue weighted by Crippen LogP contribution is 2.50. The summed E-state index contributed by atoms with van der Waals surface area (Å²) < 4.78 is 20.0. The quantitative estimate of drug-likeness (QED) is 0.173. The Balaban J connectivity index is 1.26. The summed E-state index contributed by atoms with van der Waals surface area (Å²) in [4.78, 5) is 7.42. The molecule has 0 saturated heterocycles. The first-order chi connectivity index (χ1) is 26.8. The number of rotatable bonds is 6. The largest absolute Gasteiger partial charge is 0.456 e. The van der Waals surface area contributed by atoms with Crippen LogP contribution in [-0.2, 0) is 0 Å². The molecule has 5 nitrogen and oxygen atoms in total. The standard InChI is InChI=1S/C49H30N2O3/c1-4-15-31(16-5-1)35-28-27-34(29-38(35)32-17-6-2-7-18-32)51(40-23-14-26-44-45(40)36-21-10-12-24-42(36)52-44)41-30-39-47(54-49(50-39)33-19-8-3-9-20-33)46-37-22-11-13-25-43(37)53-48(41)46/h1-30H. The molecular formula is C49H30N2O3. The van der Waals surface area contributed by atoms with Gasteiger partial charge in [-0.15, -0.1) is 0 Å². The Kier molecular flexibility index (Phi) is 6.79. The molecule has 0 amide bonds. The van der Waals surface area contributed by atoms with E-state index in [1.165, 1.54) is 0 Å². The van der Waals surface area contributed by atoms with E-state index in [-0.39, 0.29) is 0 Å². The molecule has 54 heavy (non-hydrogen) atoms. The predicted molar refractivity (Wildman–Crippen MR) is 220 cm³/mol. The number of oxazole rings is 1. The summed E-state index contributed by atoms with van der Waals surface area (Å²) in [5, 5.41) is 3.89. The topological polar surface area (TPSA) is 55.6 Å². The van der Waals surface area contributed by atoms with Crippen LogP contribution in [0.25, 0.3) is 88.7 Å². The number of nitrogens with zero attached hydrogens (tertiary/aromatic N) is 2. The van der Waals surface area contributed by atoms with E-state index in [0.29, 0.717) is 17.1 Å². The molecule has 3 aromatic heterocycles. The third-order valence-corrected chi connectivity index (χ3v) is 10.3. The van der Waals surface area contributed by atoms with Crippen LogP contribution in [0.2, 0.25) is 0 Å². The van der Waals surface area contributed by atoms with E-state index in [1.54, 1.807) is 0 Å². The lowest BCUT2D eigenvalue weighted by Gasteiger charge is -2.27. The van der Waals surface area contributed by atoms with Gasteiger partial charge in [0.1, 0.15) is 22.3 Å². The smallest absolute Gasteiger partial charge is 0.227 e. The second-order valence-corrected chi connectivity index (χ2v) is 13.5. The molecule has 0 aliphatic rings. The third-order valence-electron chi connectivity index (χ3n) is 10.3. The van der Waals surface area contributed by atoms with Crippen LogP contribution in [0.1, 0.15) is 0 Å². The monoisotopic (exact) mass is 694 g/mol. The van der Waals surface area contributed by atoms with Crippen molar-refractivity contribution in [1.82, 2.24) is 4.98 Å². The Labute approximate surface area is 309 Å². The van der Waals surface area contributed by atoms with Crippen LogP contribution in [-0.4, -0.2) is 4.98 Å². The number of anilines is 3. The normalized spacial score (nSPS) is 11.7. The summed E-state index contributed by atoms with van der Waals surface area (Å²) in [6.07, 6.45) is 0. The molecule has 254 valence electrons. The van der Waals surface area contributed by atoms with Gasteiger partial charge < -0.3 is 18.2 Å². The van der Waals surface area contributed by atoms with Crippen molar-refractivity contribution in [1.29, 1.82) is 0 Å². The van der Waals surface area contributed by atoms with E-state index in [2.05, 4.69) is 120 Å². The minimum Gasteiger partial charge on any atom is -0.456 e. The average Bonchev–Trinajstić information content (AvgIpc) is 3.96. The number of para-hydroxylation sites is 2. The van der Waals surface area contributed by atoms with Crippen LogP contribution in [0.3, 0.4) is 0 Å². The Hall–Kier alpha value is -7.37. The highest BCUT2D eigenvalue weighted by Gasteiger charge is 2.27. The Bertz CT molecular complexity index is 3160. The molecule has 11 aromatic rings. The van der Waals surface area contributed by atoms with Crippen molar-refractivity contribution in [2.75, 3.05) is 4.90 Å². The van der Waals surface area contributed by atoms with Gasteiger partial charge in [0, 0.05) is 22.0 Å². The van der Waals surface area contributed by atoms with Gasteiger partial charge in [-0.3, -0.25) is 0 Å². The summed E-state index contributed by atoms with van der Waals surface area (Å²) in [6, 6.07) is 62.6. The number of benzene rings is 8. The van der Waals surface area contributed by atoms with Crippen molar-refractivity contribution in [3.8, 4) is 33.7 Å². The zero-order valence-corrected chi connectivity index (χ0v) is 28.9. The van der Waals surface area contributed by atoms with Gasteiger partial charge in [0.2, 0.25) is 5.89 Å². The molecule has 0 aliphatic heterocycles. The summed E-state index contributed by atoms with van der Waals surface area (Å²) in [7, 11) is 0. The van der Waals surface area contributed by atoms with Crippen LogP contribution in [0.4, 0.5) is 17.1 Å². The van der Waals surface area contributed by atoms with Gasteiger partial charge in [0.25, 0.3) is 0 Å². The summed E-state index contributed by atoms with van der Waals surface area (Å²) in [6.45, 7) is 0. The van der Waals surface area contributed by atoms with Gasteiger partial charge in [0.05, 0.1) is 22.1 Å². The van der Waals surface area contributed by atoms with Gasteiger partial charge >= 0.3 is 0 Å². The van der Waals surface area contributed by atoms with Crippen molar-refractivity contribution in [3.63, 3.8) is 0 Å². The Morgan fingerprint density at radius 3 is 1.70 bits per heavy atom. The van der Waals surface area contributed by atoms with Crippen molar-refractivity contribution in [3.05, 3.63) is 182 Å². The second kappa shape index (κ2) is 12.1.